The Morgan fingerprint density at radius 3 is 2.35 bits per heavy atom. The second-order valence-electron chi connectivity index (χ2n) is 5.80. The van der Waals surface area contributed by atoms with Gasteiger partial charge in [-0.25, -0.2) is 0 Å². The molecule has 4 nitrogen and oxygen atoms in total. The molecule has 130 valence electrons. The largest absolute Gasteiger partial charge is 0.593 e. The number of piperidine rings is 1. The number of nitrogens with two attached hydrogens (primary N) is 1. The first-order valence-electron chi connectivity index (χ1n) is 7.55. The first kappa shape index (κ1) is 18.4. The minimum atomic E-state index is -4.11. The zero-order valence-electron chi connectivity index (χ0n) is 13.1. The smallest absolute Gasteiger partial charge is 0.390 e. The van der Waals surface area contributed by atoms with E-state index in [1.54, 1.807) is 35.6 Å². The van der Waals surface area contributed by atoms with Crippen molar-refractivity contribution in [1.82, 2.24) is 9.21 Å². The van der Waals surface area contributed by atoms with E-state index in [-0.39, 0.29) is 12.6 Å². The molecule has 0 spiro atoms. The molecule has 1 aliphatic rings. The highest BCUT2D eigenvalue weighted by molar-refractivity contribution is 7.89. The number of likely N-dealkylation sites (tertiary alicyclic amines) is 1. The second-order valence-corrected chi connectivity index (χ2v) is 7.35. The van der Waals surface area contributed by atoms with Crippen molar-refractivity contribution in [2.45, 2.75) is 36.4 Å². The average Bonchev–Trinajstić information content (AvgIpc) is 2.52. The molecule has 0 radical (unpaired) electrons. The van der Waals surface area contributed by atoms with Crippen LogP contribution in [0, 0.1) is 0 Å². The van der Waals surface area contributed by atoms with Crippen LogP contribution < -0.4 is 5.73 Å². The summed E-state index contributed by atoms with van der Waals surface area (Å²) in [5, 5.41) is 0. The van der Waals surface area contributed by atoms with E-state index in [1.165, 1.54) is 0 Å². The van der Waals surface area contributed by atoms with Crippen LogP contribution in [0.4, 0.5) is 18.9 Å². The fourth-order valence-electron chi connectivity index (χ4n) is 2.68. The van der Waals surface area contributed by atoms with Gasteiger partial charge in [0.2, 0.25) is 0 Å². The fourth-order valence-corrected chi connectivity index (χ4v) is 3.86. The highest BCUT2D eigenvalue weighted by Gasteiger charge is 2.32. The van der Waals surface area contributed by atoms with Crippen LogP contribution in [0.5, 0.6) is 0 Å². The van der Waals surface area contributed by atoms with Crippen LogP contribution in [0.1, 0.15) is 19.3 Å². The van der Waals surface area contributed by atoms with Crippen molar-refractivity contribution < 1.29 is 17.7 Å². The third kappa shape index (κ3) is 5.56. The highest BCUT2D eigenvalue weighted by Crippen LogP contribution is 2.25. The number of benzene rings is 1. The summed E-state index contributed by atoms with van der Waals surface area (Å²) in [5.41, 5.74) is 6.24. The molecule has 2 rings (SSSR count). The Balaban J connectivity index is 1.83. The summed E-state index contributed by atoms with van der Waals surface area (Å²) in [4.78, 5) is 2.51. The van der Waals surface area contributed by atoms with Gasteiger partial charge in [0.25, 0.3) is 0 Å². The molecule has 1 aliphatic heterocycles. The van der Waals surface area contributed by atoms with Gasteiger partial charge in [0.15, 0.2) is 4.90 Å². The lowest BCUT2D eigenvalue weighted by Gasteiger charge is -2.36. The van der Waals surface area contributed by atoms with Crippen molar-refractivity contribution in [2.75, 3.05) is 32.4 Å². The Bertz CT molecular complexity index is 490. The molecule has 1 aromatic rings. The molecule has 1 fully saturated rings. The van der Waals surface area contributed by atoms with E-state index in [2.05, 4.69) is 0 Å². The maximum absolute atomic E-state index is 12.5. The number of halogens is 3. The summed E-state index contributed by atoms with van der Waals surface area (Å²) >= 11 is -1.28. The van der Waals surface area contributed by atoms with E-state index < -0.39 is 24.0 Å². The Hall–Kier alpha value is -0.960. The molecule has 1 heterocycles. The van der Waals surface area contributed by atoms with Crippen LogP contribution in [-0.2, 0) is 11.4 Å². The number of nitrogens with zero attached hydrogens (tertiary/aromatic N) is 2. The monoisotopic (exact) mass is 349 g/mol. The van der Waals surface area contributed by atoms with Gasteiger partial charge in [-0.2, -0.15) is 13.2 Å². The molecular formula is C15H22F3N3OS. The molecule has 2 N–H and O–H groups in total. The summed E-state index contributed by atoms with van der Waals surface area (Å²) in [6.07, 6.45) is -3.45. The van der Waals surface area contributed by atoms with Crippen molar-refractivity contribution in [3.8, 4) is 0 Å². The Labute approximate surface area is 137 Å². The number of anilines is 1. The Kier molecular flexibility index (Phi) is 6.19. The van der Waals surface area contributed by atoms with E-state index in [4.69, 9.17) is 5.73 Å². The molecule has 0 saturated carbocycles. The first-order chi connectivity index (χ1) is 10.8. The van der Waals surface area contributed by atoms with Gasteiger partial charge in [-0.15, -0.1) is 4.31 Å². The Morgan fingerprint density at radius 2 is 1.83 bits per heavy atom. The zero-order chi connectivity index (χ0) is 17.0. The zero-order valence-corrected chi connectivity index (χ0v) is 13.9. The number of rotatable bonds is 5. The van der Waals surface area contributed by atoms with Gasteiger partial charge >= 0.3 is 6.18 Å². The number of alkyl halides is 3. The van der Waals surface area contributed by atoms with Gasteiger partial charge in [-0.05, 0) is 50.2 Å². The van der Waals surface area contributed by atoms with E-state index >= 15 is 0 Å². The lowest BCUT2D eigenvalue weighted by atomic mass is 10.1. The summed E-state index contributed by atoms with van der Waals surface area (Å²) < 4.78 is 51.1. The molecule has 0 amide bonds. The van der Waals surface area contributed by atoms with E-state index in [9.17, 15) is 17.7 Å². The summed E-state index contributed by atoms with van der Waals surface area (Å²) in [7, 11) is 1.79. The SMILES string of the molecule is CN(C1CCN(CCC(F)(F)F)CC1)[S+]([O-])c1ccc(N)cc1. The lowest BCUT2D eigenvalue weighted by Crippen LogP contribution is -2.46. The minimum absolute atomic E-state index is 0.0426. The number of hydrogen-bond donors (Lipinski definition) is 1. The topological polar surface area (TPSA) is 55.6 Å². The molecule has 8 heteroatoms. The molecule has 1 saturated heterocycles. The minimum Gasteiger partial charge on any atom is -0.593 e. The van der Waals surface area contributed by atoms with Crippen LogP contribution in [0.3, 0.4) is 0 Å². The normalized spacial score (nSPS) is 19.2. The first-order valence-corrected chi connectivity index (χ1v) is 8.66. The van der Waals surface area contributed by atoms with Crippen LogP contribution in [-0.4, -0.2) is 52.7 Å². The highest BCUT2D eigenvalue weighted by atomic mass is 32.2. The van der Waals surface area contributed by atoms with Gasteiger partial charge in [-0.1, -0.05) is 0 Å². The van der Waals surface area contributed by atoms with Crippen molar-refractivity contribution in [1.29, 1.82) is 0 Å². The molecule has 0 aliphatic carbocycles. The van der Waals surface area contributed by atoms with Crippen LogP contribution in [0.2, 0.25) is 0 Å². The maximum Gasteiger partial charge on any atom is 0.390 e. The molecule has 0 aromatic heterocycles. The lowest BCUT2D eigenvalue weighted by molar-refractivity contribution is -0.138. The van der Waals surface area contributed by atoms with Crippen LogP contribution in [0.25, 0.3) is 0 Å². The van der Waals surface area contributed by atoms with E-state index in [0.717, 1.165) is 12.8 Å². The fraction of sp³-hybridized carbons (Fsp3) is 0.600. The van der Waals surface area contributed by atoms with Crippen molar-refractivity contribution in [3.63, 3.8) is 0 Å². The molecule has 0 bridgehead atoms. The van der Waals surface area contributed by atoms with Gasteiger partial charge < -0.3 is 15.2 Å². The van der Waals surface area contributed by atoms with Gasteiger partial charge in [-0.3, -0.25) is 0 Å². The molecule has 23 heavy (non-hydrogen) atoms. The van der Waals surface area contributed by atoms with E-state index in [1.807, 2.05) is 4.90 Å². The standard InChI is InChI=1S/C15H22F3N3OS/c1-20(23(22)14-4-2-12(19)3-5-14)13-6-9-21(10-7-13)11-8-15(16,17)18/h2-5,13H,6-11,19H2,1H3. The van der Waals surface area contributed by atoms with Crippen molar-refractivity contribution in [2.24, 2.45) is 0 Å². The second kappa shape index (κ2) is 7.74. The Morgan fingerprint density at radius 1 is 1.26 bits per heavy atom. The summed E-state index contributed by atoms with van der Waals surface area (Å²) in [5.74, 6) is 0. The molecule has 1 unspecified atom stereocenters. The van der Waals surface area contributed by atoms with Crippen LogP contribution in [0.15, 0.2) is 29.2 Å². The van der Waals surface area contributed by atoms with Gasteiger partial charge in [0.05, 0.1) is 23.8 Å². The van der Waals surface area contributed by atoms with Crippen molar-refractivity contribution >= 4 is 17.0 Å². The molecule has 1 atom stereocenters. The number of nitrogen functional groups attached to an aromatic ring is 1. The van der Waals surface area contributed by atoms with Crippen LogP contribution >= 0.6 is 0 Å². The van der Waals surface area contributed by atoms with Gasteiger partial charge in [0, 0.05) is 19.3 Å². The van der Waals surface area contributed by atoms with Gasteiger partial charge in [0.1, 0.15) is 0 Å². The summed E-state index contributed by atoms with van der Waals surface area (Å²) in [6, 6.07) is 7.00. The van der Waals surface area contributed by atoms with E-state index in [0.29, 0.717) is 23.7 Å². The average molecular weight is 349 g/mol. The number of hydrogen-bond acceptors (Lipinski definition) is 4. The van der Waals surface area contributed by atoms with Crippen molar-refractivity contribution in [3.05, 3.63) is 24.3 Å². The predicted molar refractivity (Wildman–Crippen MR) is 85.2 cm³/mol. The maximum atomic E-state index is 12.5. The quantitative estimate of drug-likeness (QED) is 0.656. The predicted octanol–water partition coefficient (Wildman–Crippen LogP) is 2.64. The third-order valence-corrected chi connectivity index (χ3v) is 5.62. The molecular weight excluding hydrogens is 327 g/mol. The third-order valence-electron chi connectivity index (χ3n) is 4.13. The molecule has 1 aromatic carbocycles. The summed E-state index contributed by atoms with van der Waals surface area (Å²) in [6.45, 7) is 1.25.